The molecule has 0 saturated carbocycles. The SMILES string of the molecule is CCC1CN(C(=O)OC(C)(C)C)CCN1c1c2n(c3nc(C4=CCOCC4)nn3c1=O)C(C(=O)OC(C)(C)C)CC2. The monoisotopic (exact) mass is 570 g/mol. The van der Waals surface area contributed by atoms with E-state index in [1.807, 2.05) is 59.1 Å². The summed E-state index contributed by atoms with van der Waals surface area (Å²) < 4.78 is 20.1. The van der Waals surface area contributed by atoms with Gasteiger partial charge in [-0.1, -0.05) is 13.0 Å². The molecular weight excluding hydrogens is 528 g/mol. The zero-order valence-electron chi connectivity index (χ0n) is 25.2. The summed E-state index contributed by atoms with van der Waals surface area (Å²) in [7, 11) is 0. The van der Waals surface area contributed by atoms with Gasteiger partial charge in [-0.2, -0.15) is 9.50 Å². The van der Waals surface area contributed by atoms with Crippen molar-refractivity contribution in [1.82, 2.24) is 24.1 Å². The van der Waals surface area contributed by atoms with Gasteiger partial charge in [-0.25, -0.2) is 9.59 Å². The molecule has 0 N–H and O–H groups in total. The number of carbonyl (C=O) groups is 2. The molecule has 3 aliphatic heterocycles. The van der Waals surface area contributed by atoms with E-state index in [9.17, 15) is 14.4 Å². The number of amides is 1. The van der Waals surface area contributed by atoms with Crippen LogP contribution in [0, 0.1) is 0 Å². The van der Waals surface area contributed by atoms with Crippen molar-refractivity contribution in [1.29, 1.82) is 0 Å². The average molecular weight is 571 g/mol. The predicted molar refractivity (Wildman–Crippen MR) is 153 cm³/mol. The Morgan fingerprint density at radius 1 is 1.07 bits per heavy atom. The minimum Gasteiger partial charge on any atom is -0.458 e. The van der Waals surface area contributed by atoms with E-state index < -0.39 is 17.2 Å². The highest BCUT2D eigenvalue weighted by atomic mass is 16.6. The van der Waals surface area contributed by atoms with Crippen molar-refractivity contribution < 1.29 is 23.8 Å². The van der Waals surface area contributed by atoms with Gasteiger partial charge in [-0.3, -0.25) is 9.36 Å². The van der Waals surface area contributed by atoms with Crippen LogP contribution in [0.15, 0.2) is 10.9 Å². The van der Waals surface area contributed by atoms with Gasteiger partial charge in [-0.15, -0.1) is 5.10 Å². The quantitative estimate of drug-likeness (QED) is 0.510. The van der Waals surface area contributed by atoms with Crippen molar-refractivity contribution in [3.63, 3.8) is 0 Å². The van der Waals surface area contributed by atoms with Gasteiger partial charge in [0.1, 0.15) is 22.9 Å². The number of hydrogen-bond acceptors (Lipinski definition) is 9. The maximum Gasteiger partial charge on any atom is 0.410 e. The molecule has 0 radical (unpaired) electrons. The van der Waals surface area contributed by atoms with Gasteiger partial charge in [0, 0.05) is 25.7 Å². The Labute approximate surface area is 240 Å². The molecule has 2 atom stereocenters. The molecule has 12 heteroatoms. The lowest BCUT2D eigenvalue weighted by Crippen LogP contribution is -2.57. The van der Waals surface area contributed by atoms with Crippen molar-refractivity contribution in [3.05, 3.63) is 27.9 Å². The Morgan fingerprint density at radius 2 is 1.80 bits per heavy atom. The van der Waals surface area contributed by atoms with E-state index in [1.165, 1.54) is 4.52 Å². The van der Waals surface area contributed by atoms with Gasteiger partial charge < -0.3 is 24.0 Å². The van der Waals surface area contributed by atoms with Crippen molar-refractivity contribution in [3.8, 4) is 0 Å². The van der Waals surface area contributed by atoms with Crippen LogP contribution in [-0.4, -0.2) is 86.2 Å². The Morgan fingerprint density at radius 3 is 2.44 bits per heavy atom. The highest BCUT2D eigenvalue weighted by Gasteiger charge is 2.40. The highest BCUT2D eigenvalue weighted by molar-refractivity contribution is 5.77. The third-order valence-corrected chi connectivity index (χ3v) is 7.55. The molecule has 12 nitrogen and oxygen atoms in total. The van der Waals surface area contributed by atoms with Crippen LogP contribution < -0.4 is 10.5 Å². The third-order valence-electron chi connectivity index (χ3n) is 7.55. The van der Waals surface area contributed by atoms with Crippen LogP contribution in [0.4, 0.5) is 10.5 Å². The molecule has 0 spiro atoms. The largest absolute Gasteiger partial charge is 0.458 e. The van der Waals surface area contributed by atoms with Crippen LogP contribution >= 0.6 is 0 Å². The summed E-state index contributed by atoms with van der Waals surface area (Å²) in [4.78, 5) is 49.1. The molecule has 2 aromatic rings. The van der Waals surface area contributed by atoms with E-state index in [0.29, 0.717) is 75.8 Å². The van der Waals surface area contributed by atoms with E-state index in [2.05, 4.69) is 10.00 Å². The molecule has 1 saturated heterocycles. The lowest BCUT2D eigenvalue weighted by Gasteiger charge is -2.42. The first kappa shape index (κ1) is 29.1. The molecule has 0 aliphatic carbocycles. The summed E-state index contributed by atoms with van der Waals surface area (Å²) in [5, 5.41) is 4.66. The fourth-order valence-electron chi connectivity index (χ4n) is 5.76. The standard InChI is InChI=1S/C29H42N6O6/c1-8-19-17-32(27(38)41-29(5,6)7)13-14-33(19)22-20-9-10-21(25(37)40-28(2,3)4)34(20)26-30-23(31-35(26)24(22)36)18-11-15-39-16-12-18/h11,19,21H,8-10,12-17H2,1-7H3. The van der Waals surface area contributed by atoms with Crippen molar-refractivity contribution in [2.75, 3.05) is 37.7 Å². The lowest BCUT2D eigenvalue weighted by molar-refractivity contribution is -0.158. The number of aromatic nitrogens is 4. The average Bonchev–Trinajstić information content (AvgIpc) is 3.53. The summed E-state index contributed by atoms with van der Waals surface area (Å²) in [6.07, 6.45) is 3.94. The van der Waals surface area contributed by atoms with Crippen LogP contribution in [0.3, 0.4) is 0 Å². The maximum atomic E-state index is 14.2. The zero-order chi connectivity index (χ0) is 29.7. The van der Waals surface area contributed by atoms with E-state index >= 15 is 0 Å². The minimum absolute atomic E-state index is 0.118. The number of rotatable bonds is 4. The normalized spacial score (nSPS) is 21.6. The first-order chi connectivity index (χ1) is 19.3. The van der Waals surface area contributed by atoms with Crippen molar-refractivity contribution >= 4 is 29.1 Å². The number of piperazine rings is 1. The summed E-state index contributed by atoms with van der Waals surface area (Å²) in [5.41, 5.74) is 0.655. The zero-order valence-corrected chi connectivity index (χ0v) is 25.2. The van der Waals surface area contributed by atoms with Gasteiger partial charge in [0.15, 0.2) is 5.82 Å². The van der Waals surface area contributed by atoms with Gasteiger partial charge in [0.2, 0.25) is 5.78 Å². The van der Waals surface area contributed by atoms with Crippen LogP contribution in [0.2, 0.25) is 0 Å². The van der Waals surface area contributed by atoms with Gasteiger partial charge >= 0.3 is 12.1 Å². The molecule has 0 bridgehead atoms. The Hall–Kier alpha value is -3.41. The molecular formula is C29H42N6O6. The second kappa shape index (κ2) is 10.8. The van der Waals surface area contributed by atoms with E-state index in [1.54, 1.807) is 4.90 Å². The molecule has 2 unspecified atom stereocenters. The number of nitrogens with zero attached hydrogens (tertiary/aromatic N) is 6. The van der Waals surface area contributed by atoms with E-state index in [4.69, 9.17) is 19.2 Å². The van der Waals surface area contributed by atoms with Gasteiger partial charge in [0.05, 0.1) is 18.9 Å². The topological polar surface area (TPSA) is 120 Å². The van der Waals surface area contributed by atoms with Crippen LogP contribution in [0.1, 0.15) is 85.3 Å². The molecule has 224 valence electrons. The van der Waals surface area contributed by atoms with Gasteiger partial charge in [-0.05, 0) is 72.8 Å². The fourth-order valence-corrected chi connectivity index (χ4v) is 5.76. The molecule has 2 aromatic heterocycles. The number of anilines is 1. The number of hydrogen-bond donors (Lipinski definition) is 0. The predicted octanol–water partition coefficient (Wildman–Crippen LogP) is 3.36. The number of esters is 1. The maximum absolute atomic E-state index is 14.2. The van der Waals surface area contributed by atoms with Crippen LogP contribution in [0.25, 0.3) is 11.4 Å². The molecule has 3 aliphatic rings. The third kappa shape index (κ3) is 5.84. The Kier molecular flexibility index (Phi) is 7.65. The van der Waals surface area contributed by atoms with Crippen molar-refractivity contribution in [2.45, 2.75) is 97.4 Å². The second-order valence-electron chi connectivity index (χ2n) is 12.9. The first-order valence-electron chi connectivity index (χ1n) is 14.6. The number of carbonyl (C=O) groups excluding carboxylic acids is 2. The minimum atomic E-state index is -0.658. The fraction of sp³-hybridized carbons (Fsp3) is 0.690. The highest BCUT2D eigenvalue weighted by Crippen LogP contribution is 2.36. The number of fused-ring (bicyclic) bond motifs is 3. The Bertz CT molecular complexity index is 1430. The molecule has 5 heterocycles. The molecule has 1 amide bonds. The summed E-state index contributed by atoms with van der Waals surface area (Å²) >= 11 is 0. The van der Waals surface area contributed by atoms with Gasteiger partial charge in [0.25, 0.3) is 5.56 Å². The van der Waals surface area contributed by atoms with Crippen LogP contribution in [0.5, 0.6) is 0 Å². The molecule has 1 fully saturated rings. The first-order valence-corrected chi connectivity index (χ1v) is 14.6. The molecule has 41 heavy (non-hydrogen) atoms. The smallest absolute Gasteiger partial charge is 0.410 e. The van der Waals surface area contributed by atoms with Crippen molar-refractivity contribution in [2.24, 2.45) is 0 Å². The summed E-state index contributed by atoms with van der Waals surface area (Å²) in [5.74, 6) is 0.447. The summed E-state index contributed by atoms with van der Waals surface area (Å²) in [6, 6.07) is -0.747. The molecule has 0 aromatic carbocycles. The van der Waals surface area contributed by atoms with Crippen LogP contribution in [-0.2, 0) is 25.4 Å². The second-order valence-corrected chi connectivity index (χ2v) is 12.9. The lowest BCUT2D eigenvalue weighted by atomic mass is 10.1. The van der Waals surface area contributed by atoms with E-state index in [0.717, 1.165) is 11.3 Å². The summed E-state index contributed by atoms with van der Waals surface area (Å²) in [6.45, 7) is 15.4. The van der Waals surface area contributed by atoms with E-state index in [-0.39, 0.29) is 23.7 Å². The Balaban J connectivity index is 1.60. The number of ether oxygens (including phenoxy) is 3. The molecule has 5 rings (SSSR count).